The maximum Gasteiger partial charge on any atom is 0.277 e. The smallest absolute Gasteiger partial charge is 0.277 e. The Morgan fingerprint density at radius 2 is 2.25 bits per heavy atom. The molecule has 0 radical (unpaired) electrons. The van der Waals surface area contributed by atoms with Gasteiger partial charge in [0, 0.05) is 0 Å². The van der Waals surface area contributed by atoms with Crippen molar-refractivity contribution in [3.63, 3.8) is 0 Å². The van der Waals surface area contributed by atoms with Crippen molar-refractivity contribution in [2.24, 2.45) is 5.92 Å². The molecule has 1 atom stereocenters. The average Bonchev–Trinajstić information content (AvgIpc) is 3.00. The highest BCUT2D eigenvalue weighted by Gasteiger charge is 2.23. The topological polar surface area (TPSA) is 117 Å². The molecule has 0 amide bonds. The Bertz CT molecular complexity index is 787. The van der Waals surface area contributed by atoms with E-state index in [9.17, 15) is 4.79 Å². The summed E-state index contributed by atoms with van der Waals surface area (Å²) in [5, 5.41) is 17.2. The monoisotopic (exact) mass is 365 g/mol. The fourth-order valence-electron chi connectivity index (χ4n) is 1.66. The molecule has 1 aromatic heterocycles. The number of Topliss-reactive ketones (excluding diaryl/α,β-unsaturated/α-hetero) is 1. The molecule has 7 nitrogen and oxygen atoms in total. The van der Waals surface area contributed by atoms with Crippen molar-refractivity contribution < 1.29 is 19.7 Å². The SMILES string of the molecule is C=C([NH3+])[C@H](C#N)C(=O)CSc1nnc(COc2ccccc2Cl)o1. The van der Waals surface area contributed by atoms with E-state index >= 15 is 0 Å². The number of ketones is 1. The van der Waals surface area contributed by atoms with Gasteiger partial charge in [-0.05, 0) is 18.7 Å². The summed E-state index contributed by atoms with van der Waals surface area (Å²) in [4.78, 5) is 11.9. The Hall–Kier alpha value is -2.34. The maximum absolute atomic E-state index is 11.9. The summed E-state index contributed by atoms with van der Waals surface area (Å²) in [6.45, 7) is 3.58. The first-order valence-electron chi connectivity index (χ1n) is 6.77. The number of para-hydroxylation sites is 1. The number of carbonyl (C=O) groups is 1. The second-order valence-corrected chi connectivity index (χ2v) is 5.99. The van der Waals surface area contributed by atoms with Crippen molar-refractivity contribution in [3.8, 4) is 11.8 Å². The summed E-state index contributed by atoms with van der Waals surface area (Å²) in [5.41, 5.74) is 3.79. The lowest BCUT2D eigenvalue weighted by atomic mass is 10.1. The van der Waals surface area contributed by atoms with Gasteiger partial charge < -0.3 is 14.9 Å². The molecule has 0 saturated heterocycles. The van der Waals surface area contributed by atoms with Crippen LogP contribution in [-0.4, -0.2) is 21.7 Å². The molecule has 3 N–H and O–H groups in total. The molecule has 0 aliphatic heterocycles. The lowest BCUT2D eigenvalue weighted by molar-refractivity contribution is -0.309. The predicted octanol–water partition coefficient (Wildman–Crippen LogP) is 1.86. The van der Waals surface area contributed by atoms with Gasteiger partial charge in [0.25, 0.3) is 11.1 Å². The van der Waals surface area contributed by atoms with E-state index in [0.717, 1.165) is 11.8 Å². The summed E-state index contributed by atoms with van der Waals surface area (Å²) in [7, 11) is 0. The van der Waals surface area contributed by atoms with E-state index in [0.29, 0.717) is 10.8 Å². The molecule has 2 rings (SSSR count). The minimum absolute atomic E-state index is 0.0137. The van der Waals surface area contributed by atoms with Gasteiger partial charge in [-0.2, -0.15) is 5.26 Å². The van der Waals surface area contributed by atoms with Gasteiger partial charge in [-0.15, -0.1) is 10.2 Å². The third kappa shape index (κ3) is 4.83. The number of halogens is 1. The quantitative estimate of drug-likeness (QED) is 0.709. The van der Waals surface area contributed by atoms with Gasteiger partial charge in [-0.25, -0.2) is 0 Å². The molecule has 0 saturated carbocycles. The summed E-state index contributed by atoms with van der Waals surface area (Å²) >= 11 is 7.02. The van der Waals surface area contributed by atoms with E-state index in [4.69, 9.17) is 26.0 Å². The van der Waals surface area contributed by atoms with E-state index in [2.05, 4.69) is 22.5 Å². The zero-order valence-corrected chi connectivity index (χ0v) is 14.1. The number of quaternary nitrogens is 1. The van der Waals surface area contributed by atoms with Crippen LogP contribution < -0.4 is 10.5 Å². The zero-order valence-electron chi connectivity index (χ0n) is 12.6. The number of hydrogen-bond donors (Lipinski definition) is 1. The number of rotatable bonds is 8. The minimum Gasteiger partial charge on any atom is -0.482 e. The number of aromatic nitrogens is 2. The van der Waals surface area contributed by atoms with Crippen molar-refractivity contribution in [2.45, 2.75) is 11.8 Å². The van der Waals surface area contributed by atoms with Crippen LogP contribution in [-0.2, 0) is 11.4 Å². The first kappa shape index (κ1) is 18.0. The van der Waals surface area contributed by atoms with Gasteiger partial charge in [-0.3, -0.25) is 4.79 Å². The number of thioether (sulfide) groups is 1. The first-order chi connectivity index (χ1) is 11.5. The van der Waals surface area contributed by atoms with Crippen LogP contribution in [0.4, 0.5) is 0 Å². The van der Waals surface area contributed by atoms with E-state index in [1.165, 1.54) is 0 Å². The van der Waals surface area contributed by atoms with Crippen LogP contribution in [0.1, 0.15) is 5.89 Å². The molecule has 1 heterocycles. The van der Waals surface area contributed by atoms with Gasteiger partial charge in [0.15, 0.2) is 18.3 Å². The molecule has 0 bridgehead atoms. The van der Waals surface area contributed by atoms with Crippen LogP contribution in [0.2, 0.25) is 5.02 Å². The fourth-order valence-corrected chi connectivity index (χ4v) is 2.54. The molecule has 9 heteroatoms. The van der Waals surface area contributed by atoms with E-state index in [-0.39, 0.29) is 35.0 Å². The Balaban J connectivity index is 1.87. The second kappa shape index (κ2) is 8.49. The molecule has 0 spiro atoms. The van der Waals surface area contributed by atoms with Gasteiger partial charge in [0.05, 0.1) is 16.8 Å². The van der Waals surface area contributed by atoms with Gasteiger partial charge in [0.1, 0.15) is 11.4 Å². The zero-order chi connectivity index (χ0) is 17.5. The number of ether oxygens (including phenoxy) is 1. The lowest BCUT2D eigenvalue weighted by Crippen LogP contribution is -2.51. The third-order valence-corrected chi connectivity index (χ3v) is 3.99. The number of nitrogens with zero attached hydrogens (tertiary/aromatic N) is 3. The summed E-state index contributed by atoms with van der Waals surface area (Å²) in [6, 6.07) is 8.88. The van der Waals surface area contributed by atoms with Crippen LogP contribution in [0, 0.1) is 17.2 Å². The molecule has 0 fully saturated rings. The second-order valence-electron chi connectivity index (χ2n) is 4.66. The average molecular weight is 366 g/mol. The molecule has 1 aromatic carbocycles. The maximum atomic E-state index is 11.9. The minimum atomic E-state index is -0.927. The molecule has 0 aliphatic rings. The van der Waals surface area contributed by atoms with Gasteiger partial charge in [-0.1, -0.05) is 35.5 Å². The number of benzene rings is 1. The first-order valence-corrected chi connectivity index (χ1v) is 8.13. The number of carbonyl (C=O) groups excluding carboxylic acids is 1. The van der Waals surface area contributed by atoms with Crippen LogP contribution in [0.25, 0.3) is 0 Å². The summed E-state index contributed by atoms with van der Waals surface area (Å²) in [6.07, 6.45) is 0. The Kier molecular flexibility index (Phi) is 6.37. The highest BCUT2D eigenvalue weighted by Crippen LogP contribution is 2.24. The molecule has 124 valence electrons. The van der Waals surface area contributed by atoms with E-state index in [1.54, 1.807) is 24.3 Å². The Labute approximate surface area is 147 Å². The molecule has 0 unspecified atom stereocenters. The van der Waals surface area contributed by atoms with E-state index < -0.39 is 5.92 Å². The predicted molar refractivity (Wildman–Crippen MR) is 86.9 cm³/mol. The van der Waals surface area contributed by atoms with Crippen LogP contribution >= 0.6 is 23.4 Å². The Morgan fingerprint density at radius 1 is 1.50 bits per heavy atom. The summed E-state index contributed by atoms with van der Waals surface area (Å²) in [5.74, 6) is -0.464. The molecule has 0 aliphatic carbocycles. The van der Waals surface area contributed by atoms with E-state index in [1.807, 2.05) is 6.07 Å². The normalized spacial score (nSPS) is 11.5. The number of allylic oxidation sites excluding steroid dienone is 1. The highest BCUT2D eigenvalue weighted by atomic mass is 35.5. The molecule has 24 heavy (non-hydrogen) atoms. The van der Waals surface area contributed by atoms with Crippen molar-refractivity contribution in [3.05, 3.63) is 47.5 Å². The largest absolute Gasteiger partial charge is 0.482 e. The standard InChI is InChI=1S/C15H13ClN4O3S/c1-9(18)10(6-17)12(21)8-24-15-20-19-14(23-15)7-22-13-5-3-2-4-11(13)16/h2-5,10H,1,7-8,18H2/p+1/t10-/m0/s1. The van der Waals surface area contributed by atoms with Crippen molar-refractivity contribution >= 4 is 29.1 Å². The van der Waals surface area contributed by atoms with Crippen molar-refractivity contribution in [1.82, 2.24) is 10.2 Å². The van der Waals surface area contributed by atoms with Crippen LogP contribution in [0.15, 0.2) is 46.2 Å². The van der Waals surface area contributed by atoms with Crippen LogP contribution in [0.5, 0.6) is 5.75 Å². The van der Waals surface area contributed by atoms with Crippen LogP contribution in [0.3, 0.4) is 0 Å². The molecular formula is C15H14ClN4O3S+. The van der Waals surface area contributed by atoms with Crippen molar-refractivity contribution in [2.75, 3.05) is 5.75 Å². The van der Waals surface area contributed by atoms with Gasteiger partial charge >= 0.3 is 0 Å². The van der Waals surface area contributed by atoms with Crippen molar-refractivity contribution in [1.29, 1.82) is 5.26 Å². The highest BCUT2D eigenvalue weighted by molar-refractivity contribution is 7.99. The Morgan fingerprint density at radius 3 is 2.92 bits per heavy atom. The lowest BCUT2D eigenvalue weighted by Gasteiger charge is -2.04. The molecular weight excluding hydrogens is 352 g/mol. The molecule has 2 aromatic rings. The third-order valence-electron chi connectivity index (χ3n) is 2.83. The number of nitriles is 1. The number of hydrogen-bond acceptors (Lipinski definition) is 7. The fraction of sp³-hybridized carbons (Fsp3) is 0.200. The summed E-state index contributed by atoms with van der Waals surface area (Å²) < 4.78 is 10.9. The van der Waals surface area contributed by atoms with Gasteiger partial charge in [0.2, 0.25) is 0 Å².